The summed E-state index contributed by atoms with van der Waals surface area (Å²) in [7, 11) is 0. The molecular weight excluding hydrogens is 501 g/mol. The van der Waals surface area contributed by atoms with Gasteiger partial charge >= 0.3 is 6.11 Å². The Balaban J connectivity index is 1.53. The van der Waals surface area contributed by atoms with Crippen molar-refractivity contribution in [1.29, 1.82) is 0 Å². The van der Waals surface area contributed by atoms with Crippen molar-refractivity contribution in [2.24, 2.45) is 5.92 Å². The molecule has 3 aromatic rings. The van der Waals surface area contributed by atoms with Gasteiger partial charge < -0.3 is 9.47 Å². The van der Waals surface area contributed by atoms with Crippen LogP contribution in [-0.4, -0.2) is 13.2 Å². The predicted molar refractivity (Wildman–Crippen MR) is 124 cm³/mol. The van der Waals surface area contributed by atoms with E-state index in [0.29, 0.717) is 49.5 Å². The van der Waals surface area contributed by atoms with Gasteiger partial charge in [0.1, 0.15) is 28.8 Å². The number of rotatable bonds is 8. The van der Waals surface area contributed by atoms with Crippen LogP contribution in [0.3, 0.4) is 0 Å². The largest absolute Gasteiger partial charge is 0.432 e. The summed E-state index contributed by atoms with van der Waals surface area (Å²) in [6, 6.07) is 7.09. The van der Waals surface area contributed by atoms with Gasteiger partial charge in [0.15, 0.2) is 11.6 Å². The fraction of sp³-hybridized carbons (Fsp3) is 0.357. The molecule has 2 nitrogen and oxygen atoms in total. The first kappa shape index (κ1) is 27.0. The Morgan fingerprint density at radius 3 is 2.03 bits per heavy atom. The Morgan fingerprint density at radius 1 is 0.757 bits per heavy atom. The maximum absolute atomic E-state index is 15.0. The van der Waals surface area contributed by atoms with Crippen molar-refractivity contribution >= 4 is 0 Å². The molecule has 3 aromatic carbocycles. The van der Waals surface area contributed by atoms with Crippen LogP contribution in [0.4, 0.5) is 30.7 Å². The molecule has 0 saturated heterocycles. The lowest BCUT2D eigenvalue weighted by Crippen LogP contribution is -2.25. The van der Waals surface area contributed by atoms with Crippen LogP contribution in [0.15, 0.2) is 48.5 Å². The lowest BCUT2D eigenvalue weighted by molar-refractivity contribution is -0.189. The van der Waals surface area contributed by atoms with Crippen LogP contribution < -0.4 is 4.74 Å². The topological polar surface area (TPSA) is 18.5 Å². The van der Waals surface area contributed by atoms with Gasteiger partial charge in [-0.3, -0.25) is 0 Å². The lowest BCUT2D eigenvalue weighted by Gasteiger charge is -2.28. The van der Waals surface area contributed by atoms with Gasteiger partial charge in [-0.05, 0) is 85.9 Å². The molecule has 1 fully saturated rings. The van der Waals surface area contributed by atoms with Crippen LogP contribution in [0.25, 0.3) is 11.1 Å². The third-order valence-corrected chi connectivity index (χ3v) is 6.65. The van der Waals surface area contributed by atoms with E-state index in [2.05, 4.69) is 4.74 Å². The van der Waals surface area contributed by atoms with Crippen molar-refractivity contribution in [2.75, 3.05) is 13.2 Å². The van der Waals surface area contributed by atoms with E-state index in [-0.39, 0.29) is 17.0 Å². The summed E-state index contributed by atoms with van der Waals surface area (Å²) in [6.45, 7) is 3.30. The number of hydrogen-bond acceptors (Lipinski definition) is 2. The molecule has 0 heterocycles. The van der Waals surface area contributed by atoms with Gasteiger partial charge in [-0.15, -0.1) is 0 Å². The smallest absolute Gasteiger partial charge is 0.429 e. The molecular formula is C28H25F7O2. The summed E-state index contributed by atoms with van der Waals surface area (Å²) in [5, 5.41) is 0. The first-order valence-electron chi connectivity index (χ1n) is 12.0. The molecule has 4 rings (SSSR count). The van der Waals surface area contributed by atoms with Crippen molar-refractivity contribution in [3.05, 3.63) is 88.7 Å². The zero-order valence-electron chi connectivity index (χ0n) is 20.0. The van der Waals surface area contributed by atoms with E-state index in [1.165, 1.54) is 12.1 Å². The maximum Gasteiger partial charge on any atom is 0.432 e. The normalized spacial score (nSPS) is 18.2. The molecule has 0 spiro atoms. The summed E-state index contributed by atoms with van der Waals surface area (Å²) in [6.07, 6.45) is -0.928. The van der Waals surface area contributed by atoms with E-state index in [9.17, 15) is 30.7 Å². The zero-order chi connectivity index (χ0) is 26.7. The summed E-state index contributed by atoms with van der Waals surface area (Å²) >= 11 is 0. The molecule has 0 bridgehead atoms. The van der Waals surface area contributed by atoms with Gasteiger partial charge in [0.2, 0.25) is 0 Å². The first-order chi connectivity index (χ1) is 17.6. The Hall–Kier alpha value is -3.07. The molecule has 198 valence electrons. The fourth-order valence-corrected chi connectivity index (χ4v) is 4.71. The molecule has 0 radical (unpaired) electrons. The maximum atomic E-state index is 15.0. The second kappa shape index (κ2) is 11.1. The number of hydrogen-bond donors (Lipinski definition) is 0. The van der Waals surface area contributed by atoms with E-state index >= 15 is 0 Å². The van der Waals surface area contributed by atoms with Crippen LogP contribution in [0.5, 0.6) is 5.75 Å². The third kappa shape index (κ3) is 6.09. The monoisotopic (exact) mass is 526 g/mol. The van der Waals surface area contributed by atoms with Gasteiger partial charge in [-0.25, -0.2) is 22.0 Å². The van der Waals surface area contributed by atoms with Gasteiger partial charge in [0, 0.05) is 24.8 Å². The quantitative estimate of drug-likeness (QED) is 0.274. The minimum atomic E-state index is -4.56. The molecule has 1 aliphatic rings. The second-order valence-electron chi connectivity index (χ2n) is 9.13. The van der Waals surface area contributed by atoms with Gasteiger partial charge in [0.25, 0.3) is 0 Å². The highest BCUT2D eigenvalue weighted by molar-refractivity contribution is 5.65. The number of alkyl halides is 2. The number of benzene rings is 3. The summed E-state index contributed by atoms with van der Waals surface area (Å²) in [4.78, 5) is 0. The Kier molecular flexibility index (Phi) is 8.11. The molecule has 0 aliphatic heterocycles. The molecule has 9 heteroatoms. The van der Waals surface area contributed by atoms with E-state index in [4.69, 9.17) is 4.74 Å². The van der Waals surface area contributed by atoms with Crippen molar-refractivity contribution < 1.29 is 40.2 Å². The Labute approximate surface area is 210 Å². The highest BCUT2D eigenvalue weighted by Gasteiger charge is 2.41. The van der Waals surface area contributed by atoms with Gasteiger partial charge in [0.05, 0.1) is 0 Å². The average Bonchev–Trinajstić information content (AvgIpc) is 2.84. The molecule has 0 atom stereocenters. The average molecular weight is 526 g/mol. The SMILES string of the molecule is CCOCC1CCC(c2ccc(-c3cc(F)c(C(F)(F)Oc4ccc(F)c(F)c4)c(F)c3)c(F)c2)CC1. The highest BCUT2D eigenvalue weighted by atomic mass is 19.3. The van der Waals surface area contributed by atoms with Gasteiger partial charge in [-0.2, -0.15) is 8.78 Å². The fourth-order valence-electron chi connectivity index (χ4n) is 4.71. The van der Waals surface area contributed by atoms with Crippen molar-refractivity contribution in [1.82, 2.24) is 0 Å². The van der Waals surface area contributed by atoms with Crippen molar-refractivity contribution in [3.8, 4) is 16.9 Å². The molecule has 0 N–H and O–H groups in total. The standard InChI is InChI=1S/C28H25F7O2/c1-2-36-15-16-3-5-17(6-4-16)18-7-9-21(23(30)11-18)19-12-25(32)27(26(33)13-19)28(34,35)37-20-8-10-22(29)24(31)14-20/h7-14,16-17H,2-6,15H2,1H3. The van der Waals surface area contributed by atoms with Crippen LogP contribution >= 0.6 is 0 Å². The van der Waals surface area contributed by atoms with Gasteiger partial charge in [-0.1, -0.05) is 12.1 Å². The molecule has 0 unspecified atom stereocenters. The number of ether oxygens (including phenoxy) is 2. The van der Waals surface area contributed by atoms with E-state index < -0.39 is 46.5 Å². The van der Waals surface area contributed by atoms with Crippen molar-refractivity contribution in [3.63, 3.8) is 0 Å². The van der Waals surface area contributed by atoms with E-state index in [1.54, 1.807) is 6.07 Å². The zero-order valence-corrected chi connectivity index (χ0v) is 20.0. The lowest BCUT2D eigenvalue weighted by atomic mass is 9.78. The Bertz CT molecular complexity index is 1230. The molecule has 0 aromatic heterocycles. The van der Waals surface area contributed by atoms with E-state index in [1.807, 2.05) is 6.92 Å². The minimum Gasteiger partial charge on any atom is -0.429 e. The van der Waals surface area contributed by atoms with Crippen molar-refractivity contribution in [2.45, 2.75) is 44.6 Å². The molecule has 1 saturated carbocycles. The molecule has 37 heavy (non-hydrogen) atoms. The van der Waals surface area contributed by atoms with E-state index in [0.717, 1.165) is 31.2 Å². The molecule has 0 amide bonds. The third-order valence-electron chi connectivity index (χ3n) is 6.65. The second-order valence-corrected chi connectivity index (χ2v) is 9.13. The van der Waals surface area contributed by atoms with Crippen LogP contribution in [-0.2, 0) is 10.8 Å². The van der Waals surface area contributed by atoms with Crippen LogP contribution in [0.2, 0.25) is 0 Å². The summed E-state index contributed by atoms with van der Waals surface area (Å²) in [5.74, 6) is -7.09. The summed E-state index contributed by atoms with van der Waals surface area (Å²) in [5.41, 5.74) is -1.39. The highest BCUT2D eigenvalue weighted by Crippen LogP contribution is 2.40. The first-order valence-corrected chi connectivity index (χ1v) is 12.0. The minimum absolute atomic E-state index is 0.143. The predicted octanol–water partition coefficient (Wildman–Crippen LogP) is 8.49. The van der Waals surface area contributed by atoms with Crippen LogP contribution in [0.1, 0.15) is 49.7 Å². The Morgan fingerprint density at radius 2 is 1.43 bits per heavy atom. The summed E-state index contributed by atoms with van der Waals surface area (Å²) < 4.78 is 110. The number of halogens is 7. The molecule has 1 aliphatic carbocycles. The van der Waals surface area contributed by atoms with Crippen LogP contribution in [0, 0.1) is 35.0 Å².